The van der Waals surface area contributed by atoms with Crippen molar-refractivity contribution in [2.45, 2.75) is 12.2 Å². The van der Waals surface area contributed by atoms with Crippen LogP contribution in [0.25, 0.3) is 11.2 Å². The van der Waals surface area contributed by atoms with Crippen LogP contribution in [0.1, 0.15) is 10.5 Å². The van der Waals surface area contributed by atoms with Gasteiger partial charge >= 0.3 is 7.82 Å². The second kappa shape index (κ2) is 5.44. The lowest BCUT2D eigenvalue weighted by atomic mass is 10.1. The van der Waals surface area contributed by atoms with Crippen molar-refractivity contribution in [1.82, 2.24) is 19.9 Å². The van der Waals surface area contributed by atoms with Crippen LogP contribution >= 0.6 is 7.82 Å². The maximum Gasteiger partial charge on any atom is 0.473 e. The number of nitrogen functional groups attached to an aromatic ring is 1. The summed E-state index contributed by atoms with van der Waals surface area (Å²) in [6.07, 6.45) is -2.16. The first-order valence-electron chi connectivity index (χ1n) is 6.17. The molecule has 2 aromatic rings. The van der Waals surface area contributed by atoms with Gasteiger partial charge in [0.05, 0.1) is 12.8 Å². The van der Waals surface area contributed by atoms with Gasteiger partial charge in [0.1, 0.15) is 11.8 Å². The predicted octanol–water partition coefficient (Wildman–Crippen LogP) is -1.65. The zero-order valence-electron chi connectivity index (χ0n) is 11.2. The Hall–Kier alpha value is -2.24. The molecule has 0 aromatic carbocycles. The van der Waals surface area contributed by atoms with Gasteiger partial charge in [-0.3, -0.25) is 23.6 Å². The molecule has 0 aliphatic carbocycles. The minimum absolute atomic E-state index is 0.0796. The summed E-state index contributed by atoms with van der Waals surface area (Å²) in [6.45, 7) is -0.566. The molecule has 1 unspecified atom stereocenters. The Labute approximate surface area is 126 Å². The number of Topliss-reactive ketones (excluding diaryl/α,β-unsaturated/α-hetero) is 1. The number of aliphatic hydroxyl groups is 1. The number of ketones is 1. The first kappa shape index (κ1) is 15.6. The normalized spacial score (nSPS) is 27.9. The van der Waals surface area contributed by atoms with E-state index in [-0.39, 0.29) is 22.8 Å². The highest BCUT2D eigenvalue weighted by atomic mass is 31.2. The maximum absolute atomic E-state index is 12.3. The lowest BCUT2D eigenvalue weighted by Gasteiger charge is -2.28. The highest BCUT2D eigenvalue weighted by Gasteiger charge is 2.42. The Bertz CT molecular complexity index is 899. The van der Waals surface area contributed by atoms with Crippen molar-refractivity contribution < 1.29 is 28.4 Å². The van der Waals surface area contributed by atoms with Crippen LogP contribution in [0.3, 0.4) is 0 Å². The third-order valence-corrected chi connectivity index (χ3v) is 3.92. The van der Waals surface area contributed by atoms with Crippen molar-refractivity contribution in [3.8, 4) is 0 Å². The van der Waals surface area contributed by atoms with Crippen molar-refractivity contribution >= 4 is 30.7 Å². The first-order chi connectivity index (χ1) is 10.8. The van der Waals surface area contributed by atoms with Gasteiger partial charge in [-0.2, -0.15) is 4.98 Å². The minimum Gasteiger partial charge on any atom is -0.387 e. The third kappa shape index (κ3) is 2.98. The predicted molar refractivity (Wildman–Crippen MR) is 73.4 cm³/mol. The van der Waals surface area contributed by atoms with Gasteiger partial charge in [0, 0.05) is 0 Å². The van der Waals surface area contributed by atoms with Crippen LogP contribution in [-0.4, -0.2) is 54.5 Å². The van der Waals surface area contributed by atoms with E-state index in [4.69, 9.17) is 5.73 Å². The molecule has 0 spiro atoms. The van der Waals surface area contributed by atoms with Crippen LogP contribution in [0, 0.1) is 0 Å². The SMILES string of the molecule is Nc1nc2ncc(C(=O)[C@@H]3OP(=O)(O)OC[C@H]3O)nc2c(=O)[nH]1. The van der Waals surface area contributed by atoms with Crippen molar-refractivity contribution in [2.24, 2.45) is 0 Å². The van der Waals surface area contributed by atoms with Crippen LogP contribution in [0.15, 0.2) is 11.0 Å². The molecule has 23 heavy (non-hydrogen) atoms. The lowest BCUT2D eigenvalue weighted by molar-refractivity contribution is -0.0427. The van der Waals surface area contributed by atoms with E-state index in [1.807, 2.05) is 0 Å². The summed E-state index contributed by atoms with van der Waals surface area (Å²) in [7, 11) is -4.44. The fourth-order valence-electron chi connectivity index (χ4n) is 1.92. The van der Waals surface area contributed by atoms with Gasteiger partial charge in [-0.05, 0) is 0 Å². The van der Waals surface area contributed by atoms with Gasteiger partial charge in [-0.25, -0.2) is 14.5 Å². The summed E-state index contributed by atoms with van der Waals surface area (Å²) >= 11 is 0. The van der Waals surface area contributed by atoms with Crippen LogP contribution in [0.2, 0.25) is 0 Å². The first-order valence-corrected chi connectivity index (χ1v) is 7.67. The van der Waals surface area contributed by atoms with Gasteiger partial charge in [-0.1, -0.05) is 0 Å². The van der Waals surface area contributed by atoms with E-state index >= 15 is 0 Å². The number of nitrogens with one attached hydrogen (secondary N) is 1. The zero-order valence-corrected chi connectivity index (χ0v) is 12.1. The lowest BCUT2D eigenvalue weighted by Crippen LogP contribution is -2.42. The Balaban J connectivity index is 2.01. The second-order valence-electron chi connectivity index (χ2n) is 4.60. The molecule has 3 heterocycles. The van der Waals surface area contributed by atoms with E-state index in [2.05, 4.69) is 29.0 Å². The molecule has 1 aliphatic heterocycles. The molecule has 5 N–H and O–H groups in total. The van der Waals surface area contributed by atoms with Crippen molar-refractivity contribution in [1.29, 1.82) is 0 Å². The summed E-state index contributed by atoms with van der Waals surface area (Å²) < 4.78 is 20.3. The fourth-order valence-corrected chi connectivity index (χ4v) is 2.85. The molecule has 1 fully saturated rings. The molecule has 1 aliphatic rings. The van der Waals surface area contributed by atoms with Crippen molar-refractivity contribution in [3.63, 3.8) is 0 Å². The molecule has 0 amide bonds. The van der Waals surface area contributed by atoms with E-state index in [1.165, 1.54) is 0 Å². The minimum atomic E-state index is -4.44. The molecule has 12 nitrogen and oxygen atoms in total. The standard InChI is InChI=1S/C10H10N5O7P/c11-10-14-8-5(9(18)15-10)13-3(1-12-8)6(17)7-4(16)2-21-23(19,20)22-7/h1,4,7,16H,2H2,(H,19,20)(H3,11,12,14,15,18)/t4-,7-/m1/s1. The number of carbonyl (C=O) groups excluding carboxylic acids is 1. The fraction of sp³-hybridized carbons (Fsp3) is 0.300. The van der Waals surface area contributed by atoms with Gasteiger partial charge in [0.15, 0.2) is 17.3 Å². The number of hydrogen-bond donors (Lipinski definition) is 4. The highest BCUT2D eigenvalue weighted by Crippen LogP contribution is 2.48. The van der Waals surface area contributed by atoms with E-state index in [0.717, 1.165) is 6.20 Å². The van der Waals surface area contributed by atoms with Gasteiger partial charge in [-0.15, -0.1) is 0 Å². The number of anilines is 1. The Morgan fingerprint density at radius 1 is 1.48 bits per heavy atom. The van der Waals surface area contributed by atoms with E-state index in [1.54, 1.807) is 0 Å². The molecule has 122 valence electrons. The zero-order chi connectivity index (χ0) is 16.8. The smallest absolute Gasteiger partial charge is 0.387 e. The molecular formula is C10H10N5O7P. The van der Waals surface area contributed by atoms with Crippen molar-refractivity contribution in [3.05, 3.63) is 22.2 Å². The molecular weight excluding hydrogens is 333 g/mol. The largest absolute Gasteiger partial charge is 0.473 e. The number of aromatic amines is 1. The van der Waals surface area contributed by atoms with Crippen LogP contribution < -0.4 is 11.3 Å². The Morgan fingerprint density at radius 3 is 2.96 bits per heavy atom. The van der Waals surface area contributed by atoms with Crippen LogP contribution in [0.4, 0.5) is 5.95 Å². The van der Waals surface area contributed by atoms with E-state index in [9.17, 15) is 24.2 Å². The molecule has 0 saturated carbocycles. The average Bonchev–Trinajstić information content (AvgIpc) is 2.48. The number of fused-ring (bicyclic) bond motifs is 1. The summed E-state index contributed by atoms with van der Waals surface area (Å²) in [4.78, 5) is 46.8. The second-order valence-corrected chi connectivity index (χ2v) is 6.01. The quantitative estimate of drug-likeness (QED) is 0.361. The van der Waals surface area contributed by atoms with Gasteiger partial charge in [0.25, 0.3) is 5.56 Å². The van der Waals surface area contributed by atoms with Gasteiger partial charge < -0.3 is 15.7 Å². The molecule has 3 rings (SSSR count). The topological polar surface area (TPSA) is 191 Å². The summed E-state index contributed by atoms with van der Waals surface area (Å²) in [5, 5.41) is 9.69. The summed E-state index contributed by atoms with van der Waals surface area (Å²) in [5.41, 5.74) is 3.97. The number of nitrogens with two attached hydrogens (primary N) is 1. The Morgan fingerprint density at radius 2 is 2.22 bits per heavy atom. The third-order valence-electron chi connectivity index (χ3n) is 2.95. The number of phosphoric acid groups is 1. The molecule has 13 heteroatoms. The number of aromatic nitrogens is 4. The molecule has 0 radical (unpaired) electrons. The van der Waals surface area contributed by atoms with Gasteiger partial charge in [0.2, 0.25) is 11.7 Å². The van der Waals surface area contributed by atoms with Crippen molar-refractivity contribution in [2.75, 3.05) is 12.3 Å². The monoisotopic (exact) mass is 343 g/mol. The van der Waals surface area contributed by atoms with E-state index in [0.29, 0.717) is 0 Å². The number of phosphoric ester groups is 1. The number of hydrogen-bond acceptors (Lipinski definition) is 10. The summed E-state index contributed by atoms with van der Waals surface area (Å²) in [5.74, 6) is -1.10. The Kier molecular flexibility index (Phi) is 3.70. The molecule has 3 atom stereocenters. The van der Waals surface area contributed by atoms with Crippen LogP contribution in [-0.2, 0) is 13.6 Å². The van der Waals surface area contributed by atoms with E-state index < -0.39 is 38.0 Å². The number of carbonyl (C=O) groups is 1. The number of H-pyrrole nitrogens is 1. The number of nitrogens with zero attached hydrogens (tertiary/aromatic N) is 3. The number of rotatable bonds is 2. The highest BCUT2D eigenvalue weighted by molar-refractivity contribution is 7.47. The number of aliphatic hydroxyl groups excluding tert-OH is 1. The molecule has 0 bridgehead atoms. The maximum atomic E-state index is 12.3. The van der Waals surface area contributed by atoms with Crippen LogP contribution in [0.5, 0.6) is 0 Å². The summed E-state index contributed by atoms with van der Waals surface area (Å²) in [6, 6.07) is 0. The average molecular weight is 343 g/mol. The molecule has 2 aromatic heterocycles. The molecule has 1 saturated heterocycles.